The number of nitrogens with zero attached hydrogens (tertiary/aromatic N) is 2. The maximum Gasteiger partial charge on any atom is 0.322 e. The summed E-state index contributed by atoms with van der Waals surface area (Å²) in [5.41, 5.74) is 1.96. The summed E-state index contributed by atoms with van der Waals surface area (Å²) in [4.78, 5) is 13.1. The highest BCUT2D eigenvalue weighted by atomic mass is 32.2. The van der Waals surface area contributed by atoms with E-state index in [2.05, 4.69) is 39.8 Å². The average molecular weight is 357 g/mol. The van der Waals surface area contributed by atoms with E-state index < -0.39 is 0 Å². The van der Waals surface area contributed by atoms with E-state index in [1.165, 1.54) is 5.56 Å². The van der Waals surface area contributed by atoms with Crippen molar-refractivity contribution in [1.29, 1.82) is 0 Å². The second-order valence-electron chi connectivity index (χ2n) is 5.70. The molecular formula is C18H19N3O3S. The van der Waals surface area contributed by atoms with Crippen LogP contribution in [-0.2, 0) is 4.79 Å². The molecule has 2 aromatic heterocycles. The lowest BCUT2D eigenvalue weighted by Gasteiger charge is -2.02. The summed E-state index contributed by atoms with van der Waals surface area (Å²) in [6.45, 7) is 5.72. The number of aryl methyl sites for hydroxylation is 3. The molecule has 0 atom stereocenters. The van der Waals surface area contributed by atoms with Gasteiger partial charge in [0.1, 0.15) is 11.5 Å². The monoisotopic (exact) mass is 357 g/mol. The fourth-order valence-electron chi connectivity index (χ4n) is 2.30. The fraction of sp³-hybridized carbons (Fsp3) is 0.278. The minimum Gasteiger partial charge on any atom is -0.466 e. The number of thioether (sulfide) groups is 1. The van der Waals surface area contributed by atoms with Gasteiger partial charge in [0.05, 0.1) is 5.56 Å². The number of hydrogen-bond acceptors (Lipinski definition) is 6. The minimum atomic E-state index is -0.157. The molecule has 0 aliphatic heterocycles. The molecule has 25 heavy (non-hydrogen) atoms. The van der Waals surface area contributed by atoms with Crippen molar-refractivity contribution < 1.29 is 13.6 Å². The number of benzene rings is 1. The molecule has 7 heteroatoms. The van der Waals surface area contributed by atoms with Crippen molar-refractivity contribution in [3.8, 4) is 11.5 Å². The lowest BCUT2D eigenvalue weighted by molar-refractivity contribution is -0.115. The van der Waals surface area contributed by atoms with Crippen LogP contribution in [0.4, 0.5) is 6.01 Å². The van der Waals surface area contributed by atoms with Crippen LogP contribution < -0.4 is 5.32 Å². The molecule has 6 nitrogen and oxygen atoms in total. The summed E-state index contributed by atoms with van der Waals surface area (Å²) < 4.78 is 10.9. The average Bonchev–Trinajstić information content (AvgIpc) is 3.15. The Balaban J connectivity index is 1.51. The van der Waals surface area contributed by atoms with E-state index in [9.17, 15) is 4.79 Å². The molecule has 0 unspecified atom stereocenters. The molecule has 0 fully saturated rings. The van der Waals surface area contributed by atoms with Crippen LogP contribution in [0.25, 0.3) is 11.5 Å². The summed E-state index contributed by atoms with van der Waals surface area (Å²) in [6.07, 6.45) is 0.361. The second-order valence-corrected chi connectivity index (χ2v) is 6.87. The highest BCUT2D eigenvalue weighted by Crippen LogP contribution is 2.26. The number of furan rings is 1. The van der Waals surface area contributed by atoms with Crippen LogP contribution in [0.15, 0.2) is 44.1 Å². The van der Waals surface area contributed by atoms with Crippen molar-refractivity contribution in [3.05, 3.63) is 47.4 Å². The van der Waals surface area contributed by atoms with Gasteiger partial charge in [0.25, 0.3) is 5.89 Å². The van der Waals surface area contributed by atoms with Crippen molar-refractivity contribution in [2.24, 2.45) is 0 Å². The molecule has 0 radical (unpaired) electrons. The number of amides is 1. The van der Waals surface area contributed by atoms with Gasteiger partial charge in [-0.3, -0.25) is 10.1 Å². The standard InChI is InChI=1S/C18H19N3O3S/c1-11-4-6-14(7-5-11)25-9-8-16(22)19-18-21-20-17(24-18)15-10-12(2)23-13(15)3/h4-7,10H,8-9H2,1-3H3,(H,19,21,22). The van der Waals surface area contributed by atoms with Gasteiger partial charge in [-0.2, -0.15) is 0 Å². The van der Waals surface area contributed by atoms with Gasteiger partial charge < -0.3 is 8.83 Å². The Labute approximate surface area is 150 Å². The summed E-state index contributed by atoms with van der Waals surface area (Å²) >= 11 is 1.63. The lowest BCUT2D eigenvalue weighted by atomic mass is 10.2. The first-order valence-corrected chi connectivity index (χ1v) is 8.90. The summed E-state index contributed by atoms with van der Waals surface area (Å²) in [7, 11) is 0. The summed E-state index contributed by atoms with van der Waals surface area (Å²) in [6, 6.07) is 10.1. The maximum absolute atomic E-state index is 12.0. The Bertz CT molecular complexity index is 868. The number of hydrogen-bond donors (Lipinski definition) is 1. The largest absolute Gasteiger partial charge is 0.466 e. The predicted octanol–water partition coefficient (Wildman–Crippen LogP) is 4.38. The fourth-order valence-corrected chi connectivity index (χ4v) is 3.16. The molecule has 0 aliphatic carbocycles. The van der Waals surface area contributed by atoms with Crippen LogP contribution in [0.2, 0.25) is 0 Å². The van der Waals surface area contributed by atoms with E-state index in [1.54, 1.807) is 11.8 Å². The number of carbonyl (C=O) groups is 1. The molecule has 0 spiro atoms. The Morgan fingerprint density at radius 3 is 2.56 bits per heavy atom. The van der Waals surface area contributed by atoms with Crippen LogP contribution in [-0.4, -0.2) is 21.9 Å². The summed E-state index contributed by atoms with van der Waals surface area (Å²) in [5, 5.41) is 10.4. The van der Waals surface area contributed by atoms with Gasteiger partial charge in [-0.05, 0) is 39.0 Å². The smallest absolute Gasteiger partial charge is 0.322 e. The summed E-state index contributed by atoms with van der Waals surface area (Å²) in [5.74, 6) is 2.32. The number of aromatic nitrogens is 2. The lowest BCUT2D eigenvalue weighted by Crippen LogP contribution is -2.12. The van der Waals surface area contributed by atoms with Crippen LogP contribution >= 0.6 is 11.8 Å². The van der Waals surface area contributed by atoms with E-state index in [0.717, 1.165) is 16.2 Å². The van der Waals surface area contributed by atoms with Gasteiger partial charge in [0, 0.05) is 17.1 Å². The molecule has 0 aliphatic rings. The second kappa shape index (κ2) is 7.57. The van der Waals surface area contributed by atoms with Gasteiger partial charge in [0.2, 0.25) is 5.91 Å². The van der Waals surface area contributed by atoms with Gasteiger partial charge in [-0.1, -0.05) is 22.8 Å². The Hall–Kier alpha value is -2.54. The van der Waals surface area contributed by atoms with Crippen molar-refractivity contribution in [3.63, 3.8) is 0 Å². The first kappa shape index (κ1) is 17.3. The van der Waals surface area contributed by atoms with Gasteiger partial charge in [-0.15, -0.1) is 16.9 Å². The van der Waals surface area contributed by atoms with E-state index in [-0.39, 0.29) is 11.9 Å². The Morgan fingerprint density at radius 1 is 1.12 bits per heavy atom. The van der Waals surface area contributed by atoms with E-state index in [0.29, 0.717) is 23.8 Å². The number of anilines is 1. The Kier molecular flexibility index (Phi) is 5.23. The molecule has 1 aromatic carbocycles. The molecule has 1 N–H and O–H groups in total. The SMILES string of the molecule is Cc1ccc(SCCC(=O)Nc2nnc(-c3cc(C)oc3C)o2)cc1. The molecule has 0 saturated carbocycles. The van der Waals surface area contributed by atoms with Gasteiger partial charge in [0.15, 0.2) is 0 Å². The van der Waals surface area contributed by atoms with Gasteiger partial charge >= 0.3 is 6.01 Å². The van der Waals surface area contributed by atoms with Crippen LogP contribution in [0.3, 0.4) is 0 Å². The van der Waals surface area contributed by atoms with E-state index in [1.807, 2.05) is 26.8 Å². The number of carbonyl (C=O) groups excluding carboxylic acids is 1. The molecule has 0 bridgehead atoms. The third kappa shape index (κ3) is 4.51. The van der Waals surface area contributed by atoms with Crippen LogP contribution in [0.1, 0.15) is 23.5 Å². The maximum atomic E-state index is 12.0. The van der Waals surface area contributed by atoms with Crippen molar-refractivity contribution in [2.45, 2.75) is 32.1 Å². The zero-order valence-corrected chi connectivity index (χ0v) is 15.1. The molecular weight excluding hydrogens is 338 g/mol. The molecule has 3 aromatic rings. The topological polar surface area (TPSA) is 81.2 Å². The van der Waals surface area contributed by atoms with E-state index in [4.69, 9.17) is 8.83 Å². The third-order valence-corrected chi connectivity index (χ3v) is 4.58. The van der Waals surface area contributed by atoms with Crippen molar-refractivity contribution >= 4 is 23.7 Å². The van der Waals surface area contributed by atoms with Gasteiger partial charge in [-0.25, -0.2) is 0 Å². The molecule has 2 heterocycles. The number of rotatable bonds is 6. The first-order valence-electron chi connectivity index (χ1n) is 7.91. The third-order valence-electron chi connectivity index (χ3n) is 3.56. The molecule has 0 saturated heterocycles. The zero-order valence-electron chi connectivity index (χ0n) is 14.3. The van der Waals surface area contributed by atoms with Crippen LogP contribution in [0, 0.1) is 20.8 Å². The van der Waals surface area contributed by atoms with Crippen LogP contribution in [0.5, 0.6) is 0 Å². The molecule has 130 valence electrons. The normalized spacial score (nSPS) is 10.8. The van der Waals surface area contributed by atoms with Crippen molar-refractivity contribution in [1.82, 2.24) is 10.2 Å². The highest BCUT2D eigenvalue weighted by molar-refractivity contribution is 7.99. The quantitative estimate of drug-likeness (QED) is 0.660. The predicted molar refractivity (Wildman–Crippen MR) is 96.6 cm³/mol. The zero-order chi connectivity index (χ0) is 17.8. The highest BCUT2D eigenvalue weighted by Gasteiger charge is 2.15. The minimum absolute atomic E-state index is 0.0959. The molecule has 3 rings (SSSR count). The number of nitrogens with one attached hydrogen (secondary N) is 1. The first-order chi connectivity index (χ1) is 12.0. The van der Waals surface area contributed by atoms with E-state index >= 15 is 0 Å². The van der Waals surface area contributed by atoms with Crippen molar-refractivity contribution in [2.75, 3.05) is 11.1 Å². The molecule has 1 amide bonds. The Morgan fingerprint density at radius 2 is 1.88 bits per heavy atom.